The number of carbonyl (C=O) groups is 1. The van der Waals surface area contributed by atoms with Gasteiger partial charge in [-0.15, -0.1) is 10.2 Å². The highest BCUT2D eigenvalue weighted by Crippen LogP contribution is 2.25. The van der Waals surface area contributed by atoms with Crippen molar-refractivity contribution in [2.45, 2.75) is 58.0 Å². The molecule has 1 aliphatic heterocycles. The lowest BCUT2D eigenvalue weighted by molar-refractivity contribution is -0.125. The summed E-state index contributed by atoms with van der Waals surface area (Å²) in [6.07, 6.45) is 7.26. The van der Waals surface area contributed by atoms with Crippen LogP contribution in [0.5, 0.6) is 11.5 Å². The summed E-state index contributed by atoms with van der Waals surface area (Å²) >= 11 is 0. The van der Waals surface area contributed by atoms with Crippen LogP contribution in [0.25, 0.3) is 0 Å². The zero-order valence-electron chi connectivity index (χ0n) is 19.3. The largest absolute Gasteiger partial charge is 0.497 e. The standard InChI is InChI=1S/C24H35N5O3/c1-31-20-14-18(15-21(16-20)32-2)17-28-11-9-23-27-26-22(29(23)13-12-28)8-10-25-24(30)19-6-4-3-5-7-19/h14-16,19H,3-13,17H2,1-2H3,(H,25,30). The molecule has 1 amide bonds. The van der Waals surface area contributed by atoms with Gasteiger partial charge in [0.2, 0.25) is 5.91 Å². The first-order valence-electron chi connectivity index (χ1n) is 11.8. The second-order valence-corrected chi connectivity index (χ2v) is 8.81. The van der Waals surface area contributed by atoms with Crippen LogP contribution in [0.2, 0.25) is 0 Å². The zero-order chi connectivity index (χ0) is 22.3. The van der Waals surface area contributed by atoms with Crippen molar-refractivity contribution in [3.05, 3.63) is 35.4 Å². The van der Waals surface area contributed by atoms with Gasteiger partial charge in [-0.05, 0) is 30.5 Å². The smallest absolute Gasteiger partial charge is 0.223 e. The highest BCUT2D eigenvalue weighted by atomic mass is 16.5. The Kier molecular flexibility index (Phi) is 7.63. The van der Waals surface area contributed by atoms with Crippen molar-refractivity contribution in [1.82, 2.24) is 25.0 Å². The summed E-state index contributed by atoms with van der Waals surface area (Å²) in [5.41, 5.74) is 1.17. The molecule has 8 nitrogen and oxygen atoms in total. The van der Waals surface area contributed by atoms with Crippen molar-refractivity contribution in [2.24, 2.45) is 5.92 Å². The quantitative estimate of drug-likeness (QED) is 0.678. The predicted molar refractivity (Wildman–Crippen MR) is 122 cm³/mol. The van der Waals surface area contributed by atoms with Crippen LogP contribution in [0.1, 0.15) is 49.3 Å². The molecule has 0 unspecified atom stereocenters. The SMILES string of the molecule is COc1cc(CN2CCc3nnc(CCNC(=O)C4CCCCC4)n3CC2)cc(OC)c1. The van der Waals surface area contributed by atoms with E-state index in [1.165, 1.54) is 24.8 Å². The summed E-state index contributed by atoms with van der Waals surface area (Å²) in [6.45, 7) is 4.16. The Balaban J connectivity index is 1.31. The molecule has 1 fully saturated rings. The second kappa shape index (κ2) is 10.8. The lowest BCUT2D eigenvalue weighted by atomic mass is 9.89. The van der Waals surface area contributed by atoms with E-state index < -0.39 is 0 Å². The second-order valence-electron chi connectivity index (χ2n) is 8.81. The molecule has 2 heterocycles. The number of hydrogen-bond donors (Lipinski definition) is 1. The lowest BCUT2D eigenvalue weighted by Crippen LogP contribution is -2.33. The summed E-state index contributed by atoms with van der Waals surface area (Å²) in [7, 11) is 3.35. The molecule has 0 radical (unpaired) electrons. The number of ether oxygens (including phenoxy) is 2. The van der Waals surface area contributed by atoms with Gasteiger partial charge in [0, 0.05) is 57.5 Å². The highest BCUT2D eigenvalue weighted by molar-refractivity contribution is 5.78. The van der Waals surface area contributed by atoms with Crippen LogP contribution < -0.4 is 14.8 Å². The molecular weight excluding hydrogens is 406 g/mol. The van der Waals surface area contributed by atoms with Gasteiger partial charge in [-0.3, -0.25) is 9.69 Å². The van der Waals surface area contributed by atoms with Gasteiger partial charge in [-0.25, -0.2) is 0 Å². The van der Waals surface area contributed by atoms with E-state index in [1.54, 1.807) is 14.2 Å². The molecule has 0 spiro atoms. The molecule has 0 atom stereocenters. The van der Waals surface area contributed by atoms with Gasteiger partial charge in [0.05, 0.1) is 14.2 Å². The van der Waals surface area contributed by atoms with Crippen LogP contribution in [0.4, 0.5) is 0 Å². The van der Waals surface area contributed by atoms with Crippen LogP contribution in [0.3, 0.4) is 0 Å². The summed E-state index contributed by atoms with van der Waals surface area (Å²) in [6, 6.07) is 6.02. The first kappa shape index (κ1) is 22.6. The molecule has 32 heavy (non-hydrogen) atoms. The van der Waals surface area contributed by atoms with Crippen molar-refractivity contribution in [1.29, 1.82) is 0 Å². The van der Waals surface area contributed by atoms with Gasteiger partial charge in [-0.2, -0.15) is 0 Å². The number of carbonyl (C=O) groups excluding carboxylic acids is 1. The number of fused-ring (bicyclic) bond motifs is 1. The van der Waals surface area contributed by atoms with Crippen molar-refractivity contribution in [2.75, 3.05) is 33.9 Å². The third-order valence-corrected chi connectivity index (χ3v) is 6.64. The normalized spacial score (nSPS) is 17.4. The summed E-state index contributed by atoms with van der Waals surface area (Å²) in [4.78, 5) is 14.8. The Morgan fingerprint density at radius 3 is 2.50 bits per heavy atom. The van der Waals surface area contributed by atoms with E-state index in [4.69, 9.17) is 9.47 Å². The van der Waals surface area contributed by atoms with Gasteiger partial charge < -0.3 is 19.4 Å². The summed E-state index contributed by atoms with van der Waals surface area (Å²) in [5, 5.41) is 12.0. The molecule has 1 N–H and O–H groups in total. The third kappa shape index (κ3) is 5.59. The Morgan fingerprint density at radius 1 is 1.03 bits per heavy atom. The van der Waals surface area contributed by atoms with Gasteiger partial charge in [0.25, 0.3) is 0 Å². The molecule has 4 rings (SSSR count). The Morgan fingerprint density at radius 2 is 1.78 bits per heavy atom. The molecule has 174 valence electrons. The molecule has 1 aromatic heterocycles. The maximum atomic E-state index is 12.4. The molecule has 2 aromatic rings. The predicted octanol–water partition coefficient (Wildman–Crippen LogP) is 2.59. The van der Waals surface area contributed by atoms with Gasteiger partial charge in [0.1, 0.15) is 23.1 Å². The average Bonchev–Trinajstić information content (AvgIpc) is 3.11. The van der Waals surface area contributed by atoms with Crippen molar-refractivity contribution < 1.29 is 14.3 Å². The Bertz CT molecular complexity index is 885. The highest BCUT2D eigenvalue weighted by Gasteiger charge is 2.22. The summed E-state index contributed by atoms with van der Waals surface area (Å²) < 4.78 is 13.0. The van der Waals surface area contributed by atoms with Crippen LogP contribution in [-0.4, -0.2) is 59.4 Å². The minimum Gasteiger partial charge on any atom is -0.497 e. The number of amides is 1. The fourth-order valence-corrected chi connectivity index (χ4v) is 4.79. The van der Waals surface area contributed by atoms with E-state index in [0.29, 0.717) is 6.54 Å². The maximum Gasteiger partial charge on any atom is 0.223 e. The fraction of sp³-hybridized carbons (Fsp3) is 0.625. The molecule has 0 bridgehead atoms. The molecule has 0 saturated heterocycles. The van der Waals surface area contributed by atoms with E-state index in [1.807, 2.05) is 6.07 Å². The third-order valence-electron chi connectivity index (χ3n) is 6.64. The number of methoxy groups -OCH3 is 2. The van der Waals surface area contributed by atoms with Crippen LogP contribution in [0, 0.1) is 5.92 Å². The average molecular weight is 442 g/mol. The monoisotopic (exact) mass is 441 g/mol. The fourth-order valence-electron chi connectivity index (χ4n) is 4.79. The molecule has 8 heteroatoms. The number of nitrogens with zero attached hydrogens (tertiary/aromatic N) is 4. The van der Waals surface area contributed by atoms with E-state index in [-0.39, 0.29) is 11.8 Å². The number of rotatable bonds is 8. The summed E-state index contributed by atoms with van der Waals surface area (Å²) in [5.74, 6) is 4.02. The number of benzene rings is 1. The number of aromatic nitrogens is 3. The Labute approximate surface area is 190 Å². The number of hydrogen-bond acceptors (Lipinski definition) is 6. The van der Waals surface area contributed by atoms with Gasteiger partial charge in [-0.1, -0.05) is 19.3 Å². The van der Waals surface area contributed by atoms with Crippen LogP contribution in [-0.2, 0) is 30.7 Å². The Hall–Kier alpha value is -2.61. The van der Waals surface area contributed by atoms with Gasteiger partial charge in [0.15, 0.2) is 0 Å². The molecule has 1 aliphatic carbocycles. The van der Waals surface area contributed by atoms with E-state index in [2.05, 4.69) is 37.1 Å². The first-order chi connectivity index (χ1) is 15.7. The van der Waals surface area contributed by atoms with E-state index in [9.17, 15) is 4.79 Å². The van der Waals surface area contributed by atoms with Crippen molar-refractivity contribution in [3.8, 4) is 11.5 Å². The van der Waals surface area contributed by atoms with Crippen LogP contribution in [0.15, 0.2) is 18.2 Å². The maximum absolute atomic E-state index is 12.4. The van der Waals surface area contributed by atoms with Gasteiger partial charge >= 0.3 is 0 Å². The molecule has 1 saturated carbocycles. The topological polar surface area (TPSA) is 81.5 Å². The molecule has 1 aromatic carbocycles. The zero-order valence-corrected chi connectivity index (χ0v) is 19.3. The van der Waals surface area contributed by atoms with Crippen LogP contribution >= 0.6 is 0 Å². The molecular formula is C24H35N5O3. The van der Waals surface area contributed by atoms with E-state index >= 15 is 0 Å². The first-order valence-corrected chi connectivity index (χ1v) is 11.8. The minimum atomic E-state index is 0.197. The molecule has 2 aliphatic rings. The lowest BCUT2D eigenvalue weighted by Gasteiger charge is -2.21. The minimum absolute atomic E-state index is 0.197. The van der Waals surface area contributed by atoms with Crippen molar-refractivity contribution in [3.63, 3.8) is 0 Å². The van der Waals surface area contributed by atoms with E-state index in [0.717, 1.165) is 75.0 Å². The number of nitrogens with one attached hydrogen (secondary N) is 1. The van der Waals surface area contributed by atoms with Crippen molar-refractivity contribution >= 4 is 5.91 Å².